The van der Waals surface area contributed by atoms with Crippen molar-refractivity contribution >= 4 is 23.4 Å². The Balaban J connectivity index is 1.54. The summed E-state index contributed by atoms with van der Waals surface area (Å²) < 4.78 is 39.0. The van der Waals surface area contributed by atoms with Crippen molar-refractivity contribution in [3.8, 4) is 0 Å². The van der Waals surface area contributed by atoms with Gasteiger partial charge < -0.3 is 16.0 Å². The minimum absolute atomic E-state index is 0.0577. The van der Waals surface area contributed by atoms with Crippen molar-refractivity contribution in [3.63, 3.8) is 0 Å². The molecule has 2 aliphatic heterocycles. The predicted octanol–water partition coefficient (Wildman–Crippen LogP) is 3.09. The van der Waals surface area contributed by atoms with Crippen LogP contribution in [0.15, 0.2) is 18.2 Å². The number of amides is 3. The van der Waals surface area contributed by atoms with E-state index in [1.165, 1.54) is 4.90 Å². The lowest BCUT2D eigenvalue weighted by atomic mass is 9.80. The number of hydrogen-bond donors (Lipinski definition) is 3. The summed E-state index contributed by atoms with van der Waals surface area (Å²) >= 11 is 0. The number of rotatable bonds is 6. The molecule has 4 rings (SSSR count). The highest BCUT2D eigenvalue weighted by molar-refractivity contribution is 6.06. The predicted molar refractivity (Wildman–Crippen MR) is 115 cm³/mol. The molecular weight excluding hydrogens is 437 g/mol. The van der Waals surface area contributed by atoms with E-state index in [1.54, 1.807) is 18.2 Å². The number of hydrogen-bond acceptors (Lipinski definition) is 5. The first kappa shape index (κ1) is 23.5. The molecule has 4 N–H and O–H groups in total. The first-order valence-corrected chi connectivity index (χ1v) is 11.5. The maximum atomic E-state index is 13.0. The standard InChI is InChI=1S/C23H29F3N4O3/c24-23(25,26)11-10-17(13-4-6-14(27)7-5-13)28-18-3-1-2-15-16(18)12-30(22(15)33)19-8-9-20(31)29-21(19)32/h1-3,13-14,17,19,28H,4-12,27H2,(H,29,31,32)/t13?,14?,17-,19-/m1/s1. The van der Waals surface area contributed by atoms with Crippen molar-refractivity contribution in [3.05, 3.63) is 29.3 Å². The number of carbonyl (C=O) groups excluding carboxylic acids is 3. The highest BCUT2D eigenvalue weighted by Gasteiger charge is 2.40. The number of halogens is 3. The van der Waals surface area contributed by atoms with Gasteiger partial charge in [0.1, 0.15) is 6.04 Å². The summed E-state index contributed by atoms with van der Waals surface area (Å²) in [5.41, 5.74) is 7.73. The molecule has 1 saturated heterocycles. The van der Waals surface area contributed by atoms with Crippen LogP contribution in [0, 0.1) is 5.92 Å². The molecule has 7 nitrogen and oxygen atoms in total. The van der Waals surface area contributed by atoms with Crippen LogP contribution in [0.1, 0.15) is 67.3 Å². The van der Waals surface area contributed by atoms with E-state index in [2.05, 4.69) is 10.6 Å². The third-order valence-corrected chi connectivity index (χ3v) is 7.05. The van der Waals surface area contributed by atoms with Gasteiger partial charge in [-0.25, -0.2) is 0 Å². The summed E-state index contributed by atoms with van der Waals surface area (Å²) in [6.07, 6.45) is -1.70. The van der Waals surface area contributed by atoms with E-state index < -0.39 is 30.6 Å². The van der Waals surface area contributed by atoms with E-state index in [0.717, 1.165) is 25.7 Å². The van der Waals surface area contributed by atoms with Crippen LogP contribution in [0.5, 0.6) is 0 Å². The highest BCUT2D eigenvalue weighted by Crippen LogP contribution is 2.36. The maximum Gasteiger partial charge on any atom is 0.389 e. The Hall–Kier alpha value is -2.62. The van der Waals surface area contributed by atoms with Gasteiger partial charge in [-0.05, 0) is 56.6 Å². The molecule has 180 valence electrons. The molecule has 33 heavy (non-hydrogen) atoms. The van der Waals surface area contributed by atoms with Crippen LogP contribution in [-0.2, 0) is 16.1 Å². The van der Waals surface area contributed by atoms with Gasteiger partial charge in [0.05, 0.1) is 0 Å². The molecule has 1 aromatic rings. The first-order chi connectivity index (χ1) is 15.6. The average Bonchev–Trinajstić information content (AvgIpc) is 3.08. The fourth-order valence-electron chi connectivity index (χ4n) is 5.21. The fourth-order valence-corrected chi connectivity index (χ4v) is 5.21. The Morgan fingerprint density at radius 1 is 1.12 bits per heavy atom. The lowest BCUT2D eigenvalue weighted by Gasteiger charge is -2.34. The summed E-state index contributed by atoms with van der Waals surface area (Å²) in [6.45, 7) is 0.172. The molecule has 10 heteroatoms. The minimum Gasteiger partial charge on any atom is -0.382 e. The van der Waals surface area contributed by atoms with Gasteiger partial charge in [-0.1, -0.05) is 6.07 Å². The molecule has 0 radical (unpaired) electrons. The van der Waals surface area contributed by atoms with E-state index in [-0.39, 0.29) is 49.6 Å². The quantitative estimate of drug-likeness (QED) is 0.559. The van der Waals surface area contributed by atoms with Crippen molar-refractivity contribution in [2.45, 2.75) is 82.2 Å². The van der Waals surface area contributed by atoms with E-state index >= 15 is 0 Å². The van der Waals surface area contributed by atoms with Gasteiger partial charge >= 0.3 is 6.18 Å². The second-order valence-electron chi connectivity index (χ2n) is 9.31. The van der Waals surface area contributed by atoms with Crippen LogP contribution in [0.25, 0.3) is 0 Å². The number of carbonyl (C=O) groups is 3. The van der Waals surface area contributed by atoms with Gasteiger partial charge in [0.15, 0.2) is 0 Å². The summed E-state index contributed by atoms with van der Waals surface area (Å²) in [5.74, 6) is -1.10. The summed E-state index contributed by atoms with van der Waals surface area (Å²) in [7, 11) is 0. The van der Waals surface area contributed by atoms with Gasteiger partial charge in [-0.2, -0.15) is 13.2 Å². The van der Waals surface area contributed by atoms with Crippen LogP contribution < -0.4 is 16.4 Å². The summed E-state index contributed by atoms with van der Waals surface area (Å²) in [4.78, 5) is 38.3. The molecule has 3 aliphatic rings. The van der Waals surface area contributed by atoms with E-state index in [0.29, 0.717) is 16.8 Å². The topological polar surface area (TPSA) is 105 Å². The molecule has 0 unspecified atom stereocenters. The van der Waals surface area contributed by atoms with Gasteiger partial charge in [0.25, 0.3) is 5.91 Å². The smallest absolute Gasteiger partial charge is 0.382 e. The SMILES string of the molecule is NC1CCC([C@@H](CCC(F)(F)F)Nc2cccc3c2CN([C@@H]2CCC(=O)NC2=O)C3=O)CC1. The monoisotopic (exact) mass is 466 g/mol. The number of imide groups is 1. The highest BCUT2D eigenvalue weighted by atomic mass is 19.4. The molecule has 0 aromatic heterocycles. The third-order valence-electron chi connectivity index (χ3n) is 7.05. The van der Waals surface area contributed by atoms with Crippen LogP contribution in [0.4, 0.5) is 18.9 Å². The van der Waals surface area contributed by atoms with E-state index in [9.17, 15) is 27.6 Å². The Labute approximate surface area is 190 Å². The number of anilines is 1. The Kier molecular flexibility index (Phi) is 6.65. The number of fused-ring (bicyclic) bond motifs is 1. The molecule has 1 saturated carbocycles. The molecule has 2 heterocycles. The first-order valence-electron chi connectivity index (χ1n) is 11.5. The van der Waals surface area contributed by atoms with Crippen molar-refractivity contribution in [1.29, 1.82) is 0 Å². The van der Waals surface area contributed by atoms with Gasteiger partial charge in [-0.3, -0.25) is 19.7 Å². The number of nitrogens with two attached hydrogens (primary N) is 1. The number of nitrogens with one attached hydrogen (secondary N) is 2. The number of alkyl halides is 3. The number of nitrogens with zero attached hydrogens (tertiary/aromatic N) is 1. The van der Waals surface area contributed by atoms with Crippen LogP contribution in [0.3, 0.4) is 0 Å². The third kappa shape index (κ3) is 5.31. The van der Waals surface area contributed by atoms with Crippen molar-refractivity contribution < 1.29 is 27.6 Å². The molecule has 0 spiro atoms. The average molecular weight is 467 g/mol. The van der Waals surface area contributed by atoms with Crippen LogP contribution in [0.2, 0.25) is 0 Å². The summed E-state index contributed by atoms with van der Waals surface area (Å²) in [6, 6.07) is 4.09. The van der Waals surface area contributed by atoms with Gasteiger partial charge in [-0.15, -0.1) is 0 Å². The van der Waals surface area contributed by atoms with Crippen molar-refractivity contribution in [2.24, 2.45) is 11.7 Å². The summed E-state index contributed by atoms with van der Waals surface area (Å²) in [5, 5.41) is 5.60. The van der Waals surface area contributed by atoms with E-state index in [1.807, 2.05) is 0 Å². The second-order valence-corrected chi connectivity index (χ2v) is 9.31. The molecule has 2 atom stereocenters. The number of piperidine rings is 1. The maximum absolute atomic E-state index is 13.0. The Bertz CT molecular complexity index is 928. The Morgan fingerprint density at radius 3 is 2.52 bits per heavy atom. The zero-order valence-electron chi connectivity index (χ0n) is 18.3. The van der Waals surface area contributed by atoms with E-state index in [4.69, 9.17) is 5.73 Å². The number of benzene rings is 1. The van der Waals surface area contributed by atoms with Crippen molar-refractivity contribution in [1.82, 2.24) is 10.2 Å². The normalized spacial score (nSPS) is 26.7. The Morgan fingerprint density at radius 2 is 1.85 bits per heavy atom. The lowest BCUT2D eigenvalue weighted by Crippen LogP contribution is -2.52. The fraction of sp³-hybridized carbons (Fsp3) is 0.609. The largest absolute Gasteiger partial charge is 0.389 e. The molecule has 1 aromatic carbocycles. The second kappa shape index (κ2) is 9.32. The van der Waals surface area contributed by atoms with Gasteiger partial charge in [0.2, 0.25) is 11.8 Å². The van der Waals surface area contributed by atoms with Crippen LogP contribution >= 0.6 is 0 Å². The molecule has 3 amide bonds. The molecule has 2 fully saturated rings. The van der Waals surface area contributed by atoms with Gasteiger partial charge in [0, 0.05) is 48.3 Å². The zero-order chi connectivity index (χ0) is 23.8. The molecule has 1 aliphatic carbocycles. The minimum atomic E-state index is -4.25. The molecule has 0 bridgehead atoms. The van der Waals surface area contributed by atoms with Crippen molar-refractivity contribution in [2.75, 3.05) is 5.32 Å². The zero-order valence-corrected chi connectivity index (χ0v) is 18.3. The molecular formula is C23H29F3N4O3. The lowest BCUT2D eigenvalue weighted by molar-refractivity contribution is -0.137. The van der Waals surface area contributed by atoms with Crippen LogP contribution in [-0.4, -0.2) is 46.9 Å².